The van der Waals surface area contributed by atoms with Crippen LogP contribution in [0.1, 0.15) is 71.1 Å². The molecule has 0 radical (unpaired) electrons. The van der Waals surface area contributed by atoms with Crippen molar-refractivity contribution in [3.63, 3.8) is 0 Å². The number of carbonyl (C=O) groups excluding carboxylic acids is 1. The predicted molar refractivity (Wildman–Crippen MR) is 124 cm³/mol. The number of rotatable bonds is 14. The molecule has 0 atom stereocenters. The van der Waals surface area contributed by atoms with E-state index >= 15 is 0 Å². The molecule has 8 heteroatoms. The molecular weight excluding hydrogens is 420 g/mol. The fraction of sp³-hybridized carbons (Fsp3) is 0.500. The summed E-state index contributed by atoms with van der Waals surface area (Å²) in [4.78, 5) is 12.1. The first-order chi connectivity index (χ1) is 14.4. The molecule has 0 aliphatic carbocycles. The molecule has 1 aromatic heterocycles. The molecular formula is C22H32N2O4S2. The zero-order valence-corrected chi connectivity index (χ0v) is 19.2. The first kappa shape index (κ1) is 24.2. The number of thiophene rings is 1. The molecule has 0 saturated carbocycles. The second kappa shape index (κ2) is 12.6. The molecule has 0 spiro atoms. The van der Waals surface area contributed by atoms with Crippen LogP contribution < -0.4 is 10.0 Å². The van der Waals surface area contributed by atoms with Gasteiger partial charge >= 0.3 is 0 Å². The Morgan fingerprint density at radius 1 is 1.00 bits per heavy atom. The van der Waals surface area contributed by atoms with Crippen LogP contribution in [0.15, 0.2) is 39.9 Å². The number of sulfonamides is 1. The highest BCUT2D eigenvalue weighted by Crippen LogP contribution is 2.30. The third-order valence-electron chi connectivity index (χ3n) is 4.79. The Hall–Kier alpha value is -2.06. The third kappa shape index (κ3) is 8.36. The molecule has 0 aliphatic heterocycles. The SMILES string of the molecule is CCCCCCCCCCCC(=O)Nc1ccc(NS(=O)(=O)c2cccs2)c(O)c1. The van der Waals surface area contributed by atoms with Gasteiger partial charge in [-0.3, -0.25) is 9.52 Å². The summed E-state index contributed by atoms with van der Waals surface area (Å²) in [6, 6.07) is 7.49. The summed E-state index contributed by atoms with van der Waals surface area (Å²) < 4.78 is 27.0. The first-order valence-electron chi connectivity index (χ1n) is 10.6. The Morgan fingerprint density at radius 2 is 1.67 bits per heavy atom. The van der Waals surface area contributed by atoms with E-state index in [0.717, 1.165) is 30.6 Å². The summed E-state index contributed by atoms with van der Waals surface area (Å²) in [5, 5.41) is 14.6. The molecule has 1 heterocycles. The normalized spacial score (nSPS) is 11.4. The first-order valence-corrected chi connectivity index (χ1v) is 13.0. The summed E-state index contributed by atoms with van der Waals surface area (Å²) in [5.74, 6) is -0.347. The molecule has 166 valence electrons. The fourth-order valence-corrected chi connectivity index (χ4v) is 5.19. The minimum absolute atomic E-state index is 0.0698. The van der Waals surface area contributed by atoms with Crippen molar-refractivity contribution in [3.05, 3.63) is 35.7 Å². The molecule has 6 nitrogen and oxygen atoms in total. The van der Waals surface area contributed by atoms with Crippen molar-refractivity contribution in [1.82, 2.24) is 0 Å². The van der Waals surface area contributed by atoms with Gasteiger partial charge < -0.3 is 10.4 Å². The van der Waals surface area contributed by atoms with Crippen molar-refractivity contribution in [2.45, 2.75) is 75.3 Å². The standard InChI is InChI=1S/C22H32N2O4S2/c1-2-3-4-5-6-7-8-9-10-12-21(26)23-18-14-15-19(20(25)17-18)24-30(27,28)22-13-11-16-29-22/h11,13-17,24-25H,2-10,12H2,1H3,(H,23,26). The van der Waals surface area contributed by atoms with Crippen LogP contribution >= 0.6 is 11.3 Å². The lowest BCUT2D eigenvalue weighted by molar-refractivity contribution is -0.116. The number of unbranched alkanes of at least 4 members (excludes halogenated alkanes) is 8. The van der Waals surface area contributed by atoms with E-state index in [4.69, 9.17) is 0 Å². The van der Waals surface area contributed by atoms with Crippen LogP contribution in [0.4, 0.5) is 11.4 Å². The van der Waals surface area contributed by atoms with Gasteiger partial charge in [-0.15, -0.1) is 11.3 Å². The van der Waals surface area contributed by atoms with E-state index in [0.29, 0.717) is 12.1 Å². The lowest BCUT2D eigenvalue weighted by Crippen LogP contribution is -2.13. The second-order valence-corrected chi connectivity index (χ2v) is 10.3. The van der Waals surface area contributed by atoms with Crippen LogP contribution in [0.25, 0.3) is 0 Å². The van der Waals surface area contributed by atoms with Crippen molar-refractivity contribution in [2.75, 3.05) is 10.0 Å². The zero-order valence-electron chi connectivity index (χ0n) is 17.5. The minimum Gasteiger partial charge on any atom is -0.506 e. The zero-order chi connectivity index (χ0) is 21.8. The van der Waals surface area contributed by atoms with Gasteiger partial charge in [0.1, 0.15) is 9.96 Å². The van der Waals surface area contributed by atoms with Crippen molar-refractivity contribution < 1.29 is 18.3 Å². The van der Waals surface area contributed by atoms with E-state index in [2.05, 4.69) is 17.0 Å². The Morgan fingerprint density at radius 3 is 2.27 bits per heavy atom. The van der Waals surface area contributed by atoms with Crippen LogP contribution in [0.3, 0.4) is 0 Å². The lowest BCUT2D eigenvalue weighted by atomic mass is 10.1. The maximum Gasteiger partial charge on any atom is 0.271 e. The molecule has 0 fully saturated rings. The van der Waals surface area contributed by atoms with Gasteiger partial charge in [-0.2, -0.15) is 0 Å². The van der Waals surface area contributed by atoms with Crippen LogP contribution in [0.2, 0.25) is 0 Å². The van der Waals surface area contributed by atoms with Gasteiger partial charge in [0.2, 0.25) is 5.91 Å². The molecule has 0 bridgehead atoms. The molecule has 0 aliphatic rings. The highest BCUT2D eigenvalue weighted by molar-refractivity contribution is 7.94. The van der Waals surface area contributed by atoms with Crippen LogP contribution in [0, 0.1) is 0 Å². The molecule has 0 unspecified atom stereocenters. The summed E-state index contributed by atoms with van der Waals surface area (Å²) >= 11 is 1.09. The largest absolute Gasteiger partial charge is 0.506 e. The topological polar surface area (TPSA) is 95.5 Å². The fourth-order valence-electron chi connectivity index (χ4n) is 3.13. The Balaban J connectivity index is 1.72. The molecule has 1 amide bonds. The van der Waals surface area contributed by atoms with E-state index in [1.807, 2.05) is 0 Å². The Kier molecular flexibility index (Phi) is 10.2. The number of carbonyl (C=O) groups is 1. The molecule has 1 aromatic carbocycles. The predicted octanol–water partition coefficient (Wildman–Crippen LogP) is 6.11. The van der Waals surface area contributed by atoms with Crippen LogP contribution in [0.5, 0.6) is 5.75 Å². The Bertz CT molecular complexity index is 881. The van der Waals surface area contributed by atoms with Gasteiger partial charge in [0.25, 0.3) is 10.0 Å². The quantitative estimate of drug-likeness (QED) is 0.238. The van der Waals surface area contributed by atoms with Crippen LogP contribution in [-0.4, -0.2) is 19.4 Å². The lowest BCUT2D eigenvalue weighted by Gasteiger charge is -2.11. The number of amides is 1. The van der Waals surface area contributed by atoms with Crippen molar-refractivity contribution in [1.29, 1.82) is 0 Å². The number of phenols is 1. The van der Waals surface area contributed by atoms with Gasteiger partial charge in [-0.05, 0) is 30.0 Å². The van der Waals surface area contributed by atoms with Gasteiger partial charge in [-0.1, -0.05) is 64.4 Å². The third-order valence-corrected chi connectivity index (χ3v) is 7.56. The molecule has 2 aromatic rings. The van der Waals surface area contributed by atoms with E-state index in [1.54, 1.807) is 17.5 Å². The van der Waals surface area contributed by atoms with Gasteiger partial charge in [0.15, 0.2) is 0 Å². The number of phenolic OH excluding ortho intramolecular Hbond substituents is 1. The molecule has 2 rings (SSSR count). The van der Waals surface area contributed by atoms with E-state index in [1.165, 1.54) is 56.7 Å². The van der Waals surface area contributed by atoms with Gasteiger partial charge in [-0.25, -0.2) is 8.42 Å². The van der Waals surface area contributed by atoms with Gasteiger partial charge in [0.05, 0.1) is 5.69 Å². The molecule has 0 saturated heterocycles. The smallest absolute Gasteiger partial charge is 0.271 e. The van der Waals surface area contributed by atoms with E-state index in [-0.39, 0.29) is 21.6 Å². The average molecular weight is 453 g/mol. The highest BCUT2D eigenvalue weighted by atomic mass is 32.2. The highest BCUT2D eigenvalue weighted by Gasteiger charge is 2.17. The van der Waals surface area contributed by atoms with Gasteiger partial charge in [0, 0.05) is 18.2 Å². The number of hydrogen-bond acceptors (Lipinski definition) is 5. The molecule has 3 N–H and O–H groups in total. The van der Waals surface area contributed by atoms with Crippen molar-refractivity contribution in [2.24, 2.45) is 0 Å². The number of benzene rings is 1. The minimum atomic E-state index is -3.73. The maximum absolute atomic E-state index is 12.3. The Labute approximate surface area is 183 Å². The summed E-state index contributed by atoms with van der Waals surface area (Å²) in [5.41, 5.74) is 0.507. The number of nitrogens with one attached hydrogen (secondary N) is 2. The summed E-state index contributed by atoms with van der Waals surface area (Å²) in [7, 11) is -3.73. The summed E-state index contributed by atoms with van der Waals surface area (Å²) in [6.07, 6.45) is 11.2. The van der Waals surface area contributed by atoms with E-state index < -0.39 is 10.0 Å². The molecule has 30 heavy (non-hydrogen) atoms. The maximum atomic E-state index is 12.3. The second-order valence-electron chi connectivity index (χ2n) is 7.40. The van der Waals surface area contributed by atoms with Crippen molar-refractivity contribution in [3.8, 4) is 5.75 Å². The summed E-state index contributed by atoms with van der Waals surface area (Å²) in [6.45, 7) is 2.22. The van der Waals surface area contributed by atoms with E-state index in [9.17, 15) is 18.3 Å². The number of hydrogen-bond donors (Lipinski definition) is 3. The average Bonchev–Trinajstić information content (AvgIpc) is 3.25. The van der Waals surface area contributed by atoms with Crippen molar-refractivity contribution >= 4 is 38.6 Å². The van der Waals surface area contributed by atoms with Crippen LogP contribution in [-0.2, 0) is 14.8 Å². The number of anilines is 2. The monoisotopic (exact) mass is 452 g/mol. The number of aromatic hydroxyl groups is 1.